The van der Waals surface area contributed by atoms with Gasteiger partial charge in [0.25, 0.3) is 0 Å². The third-order valence-electron chi connectivity index (χ3n) is 1.78. The van der Waals surface area contributed by atoms with Crippen LogP contribution in [-0.4, -0.2) is 18.4 Å². The van der Waals surface area contributed by atoms with Crippen LogP contribution in [0.2, 0.25) is 0 Å². The van der Waals surface area contributed by atoms with Crippen molar-refractivity contribution in [3.63, 3.8) is 0 Å². The molecular weight excluding hydrogens is 192 g/mol. The van der Waals surface area contributed by atoms with Crippen molar-refractivity contribution in [1.29, 1.82) is 0 Å². The standard InChI is InChI=1S/C12H18O3/c1-4-7-8-10(5-2)11(13)9-12(14)15-6-3/h5,7-8H,4,6,9H2,1-3H3/b8-7-,10-5+. The highest BCUT2D eigenvalue weighted by molar-refractivity contribution is 6.07. The molecule has 0 rings (SSSR count). The van der Waals surface area contributed by atoms with Crippen LogP contribution in [0.1, 0.15) is 33.6 Å². The summed E-state index contributed by atoms with van der Waals surface area (Å²) < 4.78 is 4.70. The molecule has 0 aliphatic rings. The minimum Gasteiger partial charge on any atom is -0.466 e. The van der Waals surface area contributed by atoms with Crippen LogP contribution in [0.4, 0.5) is 0 Å². The van der Waals surface area contributed by atoms with E-state index in [9.17, 15) is 9.59 Å². The van der Waals surface area contributed by atoms with Gasteiger partial charge in [-0.25, -0.2) is 0 Å². The SMILES string of the molecule is C/C=C(\C=C/CC)C(=O)CC(=O)OCC. The van der Waals surface area contributed by atoms with Gasteiger partial charge in [0.15, 0.2) is 5.78 Å². The van der Waals surface area contributed by atoms with E-state index in [0.717, 1.165) is 6.42 Å². The minimum absolute atomic E-state index is 0.179. The molecule has 3 heteroatoms. The van der Waals surface area contributed by atoms with Gasteiger partial charge in [-0.15, -0.1) is 0 Å². The normalized spacial score (nSPS) is 11.8. The zero-order valence-corrected chi connectivity index (χ0v) is 9.58. The van der Waals surface area contributed by atoms with E-state index in [1.54, 1.807) is 26.0 Å². The molecular formula is C12H18O3. The van der Waals surface area contributed by atoms with Gasteiger partial charge in [0.1, 0.15) is 6.42 Å². The highest BCUT2D eigenvalue weighted by Gasteiger charge is 2.12. The van der Waals surface area contributed by atoms with Gasteiger partial charge in [0, 0.05) is 5.57 Å². The Hall–Kier alpha value is -1.38. The van der Waals surface area contributed by atoms with Crippen LogP contribution < -0.4 is 0 Å². The zero-order chi connectivity index (χ0) is 11.7. The van der Waals surface area contributed by atoms with Gasteiger partial charge in [0.05, 0.1) is 6.61 Å². The number of ether oxygens (including phenoxy) is 1. The van der Waals surface area contributed by atoms with Gasteiger partial charge >= 0.3 is 5.97 Å². The molecule has 0 amide bonds. The predicted molar refractivity (Wildman–Crippen MR) is 59.4 cm³/mol. The number of hydrogen-bond acceptors (Lipinski definition) is 3. The quantitative estimate of drug-likeness (QED) is 0.292. The Morgan fingerprint density at radius 3 is 2.40 bits per heavy atom. The maximum atomic E-state index is 11.5. The Labute approximate surface area is 90.8 Å². The van der Waals surface area contributed by atoms with E-state index < -0.39 is 5.97 Å². The van der Waals surface area contributed by atoms with Crippen LogP contribution in [0.15, 0.2) is 23.8 Å². The molecule has 0 atom stereocenters. The maximum Gasteiger partial charge on any atom is 0.313 e. The third-order valence-corrected chi connectivity index (χ3v) is 1.78. The van der Waals surface area contributed by atoms with Gasteiger partial charge in [-0.3, -0.25) is 9.59 Å². The highest BCUT2D eigenvalue weighted by atomic mass is 16.5. The van der Waals surface area contributed by atoms with Gasteiger partial charge in [-0.1, -0.05) is 25.2 Å². The molecule has 0 heterocycles. The molecule has 0 aliphatic heterocycles. The highest BCUT2D eigenvalue weighted by Crippen LogP contribution is 2.04. The molecule has 15 heavy (non-hydrogen) atoms. The lowest BCUT2D eigenvalue weighted by Crippen LogP contribution is -2.12. The van der Waals surface area contributed by atoms with Crippen LogP contribution in [0.25, 0.3) is 0 Å². The third kappa shape index (κ3) is 5.83. The zero-order valence-electron chi connectivity index (χ0n) is 9.58. The first-order valence-corrected chi connectivity index (χ1v) is 5.17. The first kappa shape index (κ1) is 13.6. The molecule has 0 aromatic carbocycles. The van der Waals surface area contributed by atoms with Gasteiger partial charge in [-0.2, -0.15) is 0 Å². The van der Waals surface area contributed by atoms with E-state index in [0.29, 0.717) is 12.2 Å². The van der Waals surface area contributed by atoms with Crippen molar-refractivity contribution in [3.05, 3.63) is 23.8 Å². The fourth-order valence-corrected chi connectivity index (χ4v) is 1.04. The fraction of sp³-hybridized carbons (Fsp3) is 0.500. The van der Waals surface area contributed by atoms with Crippen LogP contribution in [0.5, 0.6) is 0 Å². The van der Waals surface area contributed by atoms with Crippen molar-refractivity contribution < 1.29 is 14.3 Å². The monoisotopic (exact) mass is 210 g/mol. The fourth-order valence-electron chi connectivity index (χ4n) is 1.04. The van der Waals surface area contributed by atoms with E-state index in [1.807, 2.05) is 13.0 Å². The molecule has 0 saturated carbocycles. The van der Waals surface area contributed by atoms with Crippen LogP contribution >= 0.6 is 0 Å². The second-order valence-electron chi connectivity index (χ2n) is 2.96. The van der Waals surface area contributed by atoms with Crippen molar-refractivity contribution in [2.24, 2.45) is 0 Å². The molecule has 0 spiro atoms. The number of hydrogen-bond donors (Lipinski definition) is 0. The molecule has 0 fully saturated rings. The summed E-state index contributed by atoms with van der Waals surface area (Å²) in [7, 11) is 0. The molecule has 0 aromatic rings. The van der Waals surface area contributed by atoms with Crippen LogP contribution in [0.3, 0.4) is 0 Å². The van der Waals surface area contributed by atoms with E-state index >= 15 is 0 Å². The molecule has 0 N–H and O–H groups in total. The number of allylic oxidation sites excluding steroid dienone is 4. The van der Waals surface area contributed by atoms with Crippen molar-refractivity contribution in [2.45, 2.75) is 33.6 Å². The van der Waals surface area contributed by atoms with Gasteiger partial charge in [0.2, 0.25) is 0 Å². The number of carbonyl (C=O) groups is 2. The van der Waals surface area contributed by atoms with E-state index in [2.05, 4.69) is 0 Å². The average molecular weight is 210 g/mol. The molecule has 0 saturated heterocycles. The summed E-state index contributed by atoms with van der Waals surface area (Å²) in [4.78, 5) is 22.6. The van der Waals surface area contributed by atoms with Gasteiger partial charge < -0.3 is 4.74 Å². The van der Waals surface area contributed by atoms with E-state index in [-0.39, 0.29) is 12.2 Å². The summed E-state index contributed by atoms with van der Waals surface area (Å²) in [6.07, 6.45) is 6.01. The second kappa shape index (κ2) is 7.97. The summed E-state index contributed by atoms with van der Waals surface area (Å²) in [5, 5.41) is 0. The Morgan fingerprint density at radius 1 is 1.27 bits per heavy atom. The lowest BCUT2D eigenvalue weighted by atomic mass is 10.1. The molecule has 0 aliphatic carbocycles. The van der Waals surface area contributed by atoms with E-state index in [1.165, 1.54) is 0 Å². The molecule has 0 unspecified atom stereocenters. The molecule has 3 nitrogen and oxygen atoms in total. The van der Waals surface area contributed by atoms with Crippen molar-refractivity contribution >= 4 is 11.8 Å². The van der Waals surface area contributed by atoms with Crippen molar-refractivity contribution in [1.82, 2.24) is 0 Å². The van der Waals surface area contributed by atoms with Crippen molar-refractivity contribution in [3.8, 4) is 0 Å². The lowest BCUT2D eigenvalue weighted by molar-refractivity contribution is -0.144. The van der Waals surface area contributed by atoms with Gasteiger partial charge in [-0.05, 0) is 20.3 Å². The predicted octanol–water partition coefficient (Wildman–Crippen LogP) is 2.42. The summed E-state index contributed by atoms with van der Waals surface area (Å²) in [5.74, 6) is -0.660. The minimum atomic E-state index is -0.466. The Balaban J connectivity index is 4.29. The topological polar surface area (TPSA) is 43.4 Å². The average Bonchev–Trinajstić information content (AvgIpc) is 2.19. The summed E-state index contributed by atoms with van der Waals surface area (Å²) in [6, 6.07) is 0. The first-order chi connectivity index (χ1) is 7.15. The number of carbonyl (C=O) groups excluding carboxylic acids is 2. The van der Waals surface area contributed by atoms with Crippen molar-refractivity contribution in [2.75, 3.05) is 6.61 Å². The number of esters is 1. The van der Waals surface area contributed by atoms with E-state index in [4.69, 9.17) is 4.74 Å². The number of rotatable bonds is 6. The number of Topliss-reactive ketones (excluding diaryl/α,β-unsaturated/α-hetero) is 1. The summed E-state index contributed by atoms with van der Waals surface area (Å²) in [5.41, 5.74) is 0.560. The maximum absolute atomic E-state index is 11.5. The largest absolute Gasteiger partial charge is 0.466 e. The first-order valence-electron chi connectivity index (χ1n) is 5.17. The molecule has 0 bridgehead atoms. The Bertz CT molecular complexity index is 275. The molecule has 84 valence electrons. The second-order valence-corrected chi connectivity index (χ2v) is 2.96. The lowest BCUT2D eigenvalue weighted by Gasteiger charge is -2.01. The van der Waals surface area contributed by atoms with Crippen LogP contribution in [-0.2, 0) is 14.3 Å². The smallest absolute Gasteiger partial charge is 0.313 e. The summed E-state index contributed by atoms with van der Waals surface area (Å²) in [6.45, 7) is 5.79. The Morgan fingerprint density at radius 2 is 1.93 bits per heavy atom. The number of ketones is 1. The summed E-state index contributed by atoms with van der Waals surface area (Å²) >= 11 is 0. The molecule has 0 radical (unpaired) electrons. The molecule has 0 aromatic heterocycles. The Kier molecular flexibility index (Phi) is 7.24. The van der Waals surface area contributed by atoms with Crippen LogP contribution in [0, 0.1) is 0 Å².